The van der Waals surface area contributed by atoms with Crippen molar-refractivity contribution < 1.29 is 18.5 Å². The molecule has 1 N–H and O–H groups in total. The van der Waals surface area contributed by atoms with E-state index in [0.717, 1.165) is 44.0 Å². The van der Waals surface area contributed by atoms with Crippen LogP contribution in [0.25, 0.3) is 0 Å². The molecule has 1 aliphatic rings. The van der Waals surface area contributed by atoms with Crippen molar-refractivity contribution in [1.82, 2.24) is 4.90 Å². The molecule has 0 radical (unpaired) electrons. The van der Waals surface area contributed by atoms with Crippen LogP contribution in [0.4, 0.5) is 25.8 Å². The second-order valence-electron chi connectivity index (χ2n) is 6.52. The Bertz CT molecular complexity index is 853. The fraction of sp³-hybridized carbons (Fsp3) is 0.316. The molecule has 0 bridgehead atoms. The maximum Gasteiger partial charge on any atom is 0.295 e. The predicted molar refractivity (Wildman–Crippen MR) is 101 cm³/mol. The summed E-state index contributed by atoms with van der Waals surface area (Å²) in [6.07, 6.45) is 0.172. The Morgan fingerprint density at radius 3 is 2.32 bits per heavy atom. The molecule has 0 aliphatic carbocycles. The smallest absolute Gasteiger partial charge is 0.295 e. The molecular weight excluding hydrogens is 370 g/mol. The van der Waals surface area contributed by atoms with Crippen molar-refractivity contribution in [3.8, 4) is 0 Å². The topological polar surface area (TPSA) is 78.7 Å². The van der Waals surface area contributed by atoms with Crippen LogP contribution in [0, 0.1) is 21.7 Å². The Labute approximate surface area is 160 Å². The van der Waals surface area contributed by atoms with Gasteiger partial charge in [-0.3, -0.25) is 19.8 Å². The Morgan fingerprint density at radius 1 is 1.04 bits per heavy atom. The summed E-state index contributed by atoms with van der Waals surface area (Å²) < 4.78 is 26.2. The molecule has 28 heavy (non-hydrogen) atoms. The average molecular weight is 390 g/mol. The van der Waals surface area contributed by atoms with E-state index < -0.39 is 16.4 Å². The van der Waals surface area contributed by atoms with Crippen molar-refractivity contribution in [2.75, 3.05) is 42.9 Å². The van der Waals surface area contributed by atoms with E-state index in [1.54, 1.807) is 12.1 Å². The van der Waals surface area contributed by atoms with Gasteiger partial charge in [-0.1, -0.05) is 0 Å². The molecule has 1 fully saturated rings. The third-order valence-corrected chi connectivity index (χ3v) is 4.65. The van der Waals surface area contributed by atoms with Crippen LogP contribution in [0.1, 0.15) is 6.42 Å². The first-order valence-corrected chi connectivity index (χ1v) is 8.89. The van der Waals surface area contributed by atoms with E-state index in [1.165, 1.54) is 18.2 Å². The highest BCUT2D eigenvalue weighted by Gasteiger charge is 2.20. The lowest BCUT2D eigenvalue weighted by atomic mass is 10.2. The lowest BCUT2D eigenvalue weighted by Gasteiger charge is -2.36. The van der Waals surface area contributed by atoms with E-state index in [4.69, 9.17) is 0 Å². The van der Waals surface area contributed by atoms with Gasteiger partial charge < -0.3 is 10.2 Å². The number of nitro groups is 1. The van der Waals surface area contributed by atoms with Crippen LogP contribution in [0.3, 0.4) is 0 Å². The monoisotopic (exact) mass is 390 g/mol. The average Bonchev–Trinajstić information content (AvgIpc) is 2.69. The zero-order valence-electron chi connectivity index (χ0n) is 15.1. The molecule has 2 aromatic carbocycles. The number of nitrogens with one attached hydrogen (secondary N) is 1. The third kappa shape index (κ3) is 5.01. The number of amides is 1. The molecule has 2 aromatic rings. The molecule has 1 amide bonds. The lowest BCUT2D eigenvalue weighted by molar-refractivity contribution is -0.384. The maximum absolute atomic E-state index is 13.2. The summed E-state index contributed by atoms with van der Waals surface area (Å²) in [5, 5.41) is 13.5. The minimum absolute atomic E-state index is 0.0162. The van der Waals surface area contributed by atoms with Gasteiger partial charge in [0.2, 0.25) is 5.91 Å². The molecule has 148 valence electrons. The van der Waals surface area contributed by atoms with Crippen LogP contribution in [0.15, 0.2) is 42.5 Å². The number of benzene rings is 2. The normalized spacial score (nSPS) is 14.7. The van der Waals surface area contributed by atoms with Crippen LogP contribution in [-0.4, -0.2) is 48.5 Å². The SMILES string of the molecule is O=C(CCN1CCN(c2ccc(F)cc2)CC1)Nc1ccc(F)cc1[N+](=O)[O-]. The summed E-state index contributed by atoms with van der Waals surface area (Å²) in [5.41, 5.74) is 0.473. The Kier molecular flexibility index (Phi) is 6.15. The zero-order chi connectivity index (χ0) is 20.1. The third-order valence-electron chi connectivity index (χ3n) is 4.65. The van der Waals surface area contributed by atoms with Gasteiger partial charge in [-0.25, -0.2) is 8.78 Å². The van der Waals surface area contributed by atoms with E-state index in [9.17, 15) is 23.7 Å². The number of nitrogens with zero attached hydrogens (tertiary/aromatic N) is 3. The number of carbonyl (C=O) groups is 1. The molecule has 3 rings (SSSR count). The zero-order valence-corrected chi connectivity index (χ0v) is 15.1. The van der Waals surface area contributed by atoms with E-state index in [1.807, 2.05) is 0 Å². The standard InChI is InChI=1S/C19H20F2N4O3/c20-14-1-4-16(5-2-14)24-11-9-23(10-12-24)8-7-19(26)22-17-6-3-15(21)13-18(17)25(27)28/h1-6,13H,7-12H2,(H,22,26). The van der Waals surface area contributed by atoms with Gasteiger partial charge in [-0.15, -0.1) is 0 Å². The molecular formula is C19H20F2N4O3. The van der Waals surface area contributed by atoms with Crippen molar-refractivity contribution >= 4 is 23.0 Å². The number of hydrogen-bond acceptors (Lipinski definition) is 5. The van der Waals surface area contributed by atoms with Gasteiger partial charge in [-0.05, 0) is 36.4 Å². The Morgan fingerprint density at radius 2 is 1.68 bits per heavy atom. The first kappa shape index (κ1) is 19.7. The first-order valence-electron chi connectivity index (χ1n) is 8.89. The summed E-state index contributed by atoms with van der Waals surface area (Å²) in [7, 11) is 0. The molecule has 9 heteroatoms. The second kappa shape index (κ2) is 8.75. The molecule has 1 aliphatic heterocycles. The summed E-state index contributed by atoms with van der Waals surface area (Å²) in [5.74, 6) is -1.37. The molecule has 7 nitrogen and oxygen atoms in total. The Hall–Kier alpha value is -3.07. The summed E-state index contributed by atoms with van der Waals surface area (Å²) in [6.45, 7) is 3.54. The van der Waals surface area contributed by atoms with E-state index in [2.05, 4.69) is 15.1 Å². The van der Waals surface area contributed by atoms with Gasteiger partial charge in [0.25, 0.3) is 5.69 Å². The highest BCUT2D eigenvalue weighted by Crippen LogP contribution is 2.25. The lowest BCUT2D eigenvalue weighted by Crippen LogP contribution is -2.47. The van der Waals surface area contributed by atoms with Crippen molar-refractivity contribution in [3.05, 3.63) is 64.2 Å². The summed E-state index contributed by atoms with van der Waals surface area (Å²) in [4.78, 5) is 26.7. The van der Waals surface area contributed by atoms with Crippen LogP contribution >= 0.6 is 0 Å². The molecule has 0 unspecified atom stereocenters. The molecule has 0 atom stereocenters. The fourth-order valence-electron chi connectivity index (χ4n) is 3.12. The van der Waals surface area contributed by atoms with Gasteiger partial charge >= 0.3 is 0 Å². The van der Waals surface area contributed by atoms with Gasteiger partial charge in [0.15, 0.2) is 0 Å². The van der Waals surface area contributed by atoms with Crippen LogP contribution in [0.2, 0.25) is 0 Å². The molecule has 1 saturated heterocycles. The fourth-order valence-corrected chi connectivity index (χ4v) is 3.12. The predicted octanol–water partition coefficient (Wildman–Crippen LogP) is 3.02. The maximum atomic E-state index is 13.2. The Balaban J connectivity index is 1.47. The quantitative estimate of drug-likeness (QED) is 0.606. The highest BCUT2D eigenvalue weighted by atomic mass is 19.1. The summed E-state index contributed by atoms with van der Waals surface area (Å²) in [6, 6.07) is 9.39. The van der Waals surface area contributed by atoms with Crippen LogP contribution in [-0.2, 0) is 4.79 Å². The number of nitro benzene ring substituents is 1. The molecule has 1 heterocycles. The summed E-state index contributed by atoms with van der Waals surface area (Å²) >= 11 is 0. The van der Waals surface area contributed by atoms with Gasteiger partial charge in [-0.2, -0.15) is 0 Å². The molecule has 0 aromatic heterocycles. The number of anilines is 2. The molecule has 0 saturated carbocycles. The first-order chi connectivity index (χ1) is 13.4. The van der Waals surface area contributed by atoms with Crippen molar-refractivity contribution in [2.45, 2.75) is 6.42 Å². The second-order valence-corrected chi connectivity index (χ2v) is 6.52. The number of halogens is 2. The van der Waals surface area contributed by atoms with Gasteiger partial charge in [0.05, 0.1) is 11.0 Å². The largest absolute Gasteiger partial charge is 0.369 e. The van der Waals surface area contributed by atoms with Crippen molar-refractivity contribution in [2.24, 2.45) is 0 Å². The van der Waals surface area contributed by atoms with E-state index >= 15 is 0 Å². The van der Waals surface area contributed by atoms with E-state index in [0.29, 0.717) is 6.54 Å². The minimum atomic E-state index is -0.733. The van der Waals surface area contributed by atoms with Crippen LogP contribution < -0.4 is 10.2 Å². The van der Waals surface area contributed by atoms with Crippen LogP contribution in [0.5, 0.6) is 0 Å². The number of hydrogen-bond donors (Lipinski definition) is 1. The van der Waals surface area contributed by atoms with Crippen molar-refractivity contribution in [1.29, 1.82) is 0 Å². The highest BCUT2D eigenvalue weighted by molar-refractivity contribution is 5.93. The van der Waals surface area contributed by atoms with Gasteiger partial charge in [0.1, 0.15) is 17.3 Å². The number of carbonyl (C=O) groups excluding carboxylic acids is 1. The van der Waals surface area contributed by atoms with E-state index in [-0.39, 0.29) is 23.8 Å². The van der Waals surface area contributed by atoms with Gasteiger partial charge in [0, 0.05) is 44.8 Å². The molecule has 0 spiro atoms. The number of rotatable bonds is 6. The minimum Gasteiger partial charge on any atom is -0.369 e. The number of piperazine rings is 1. The van der Waals surface area contributed by atoms with Crippen molar-refractivity contribution in [3.63, 3.8) is 0 Å².